The van der Waals surface area contributed by atoms with Crippen LogP contribution in [0.3, 0.4) is 0 Å². The molecule has 2 aliphatic rings. The molecular formula is C23H28N2O3S. The monoisotopic (exact) mass is 412 g/mol. The van der Waals surface area contributed by atoms with Gasteiger partial charge in [0, 0.05) is 37.7 Å². The number of thiophene rings is 1. The Hall–Kier alpha value is -2.34. The van der Waals surface area contributed by atoms with E-state index in [1.165, 1.54) is 17.8 Å². The van der Waals surface area contributed by atoms with E-state index in [0.717, 1.165) is 62.5 Å². The fraction of sp³-hybridized carbons (Fsp3) is 0.478. The number of piperidine rings is 2. The summed E-state index contributed by atoms with van der Waals surface area (Å²) in [5.41, 5.74) is 0.697. The van der Waals surface area contributed by atoms with Crippen LogP contribution in [0.4, 0.5) is 0 Å². The van der Waals surface area contributed by atoms with E-state index in [1.54, 1.807) is 0 Å². The van der Waals surface area contributed by atoms with Gasteiger partial charge in [-0.05, 0) is 61.7 Å². The third kappa shape index (κ3) is 4.99. The van der Waals surface area contributed by atoms with Crippen molar-refractivity contribution < 1.29 is 14.3 Å². The average Bonchev–Trinajstić information content (AvgIpc) is 3.33. The molecule has 6 heteroatoms. The van der Waals surface area contributed by atoms with Crippen molar-refractivity contribution in [1.82, 2.24) is 9.80 Å². The Morgan fingerprint density at radius 2 is 1.79 bits per heavy atom. The number of carbonyl (C=O) groups is 2. The molecule has 2 aliphatic heterocycles. The lowest BCUT2D eigenvalue weighted by Gasteiger charge is -2.32. The van der Waals surface area contributed by atoms with E-state index >= 15 is 0 Å². The summed E-state index contributed by atoms with van der Waals surface area (Å²) in [4.78, 5) is 30.0. The lowest BCUT2D eigenvalue weighted by molar-refractivity contribution is 0.0636. The minimum absolute atomic E-state index is 0.0977. The maximum absolute atomic E-state index is 12.7. The molecule has 1 aromatic heterocycles. The molecule has 5 nitrogen and oxygen atoms in total. The van der Waals surface area contributed by atoms with Crippen LogP contribution in [0.1, 0.15) is 52.1 Å². The number of ether oxygens (including phenoxy) is 1. The van der Waals surface area contributed by atoms with Crippen LogP contribution >= 0.6 is 11.3 Å². The number of carbonyl (C=O) groups excluding carboxylic acids is 2. The maximum Gasteiger partial charge on any atom is 0.263 e. The van der Waals surface area contributed by atoms with Gasteiger partial charge in [0.25, 0.3) is 11.8 Å². The topological polar surface area (TPSA) is 49.9 Å². The van der Waals surface area contributed by atoms with E-state index in [2.05, 4.69) is 0 Å². The molecule has 2 fully saturated rings. The van der Waals surface area contributed by atoms with Crippen LogP contribution in [-0.4, -0.2) is 54.4 Å². The van der Waals surface area contributed by atoms with Gasteiger partial charge in [-0.15, -0.1) is 11.3 Å². The molecule has 2 saturated heterocycles. The van der Waals surface area contributed by atoms with Gasteiger partial charge in [-0.25, -0.2) is 0 Å². The van der Waals surface area contributed by atoms with Gasteiger partial charge in [-0.2, -0.15) is 0 Å². The molecule has 1 atom stereocenters. The van der Waals surface area contributed by atoms with Gasteiger partial charge in [0.15, 0.2) is 0 Å². The summed E-state index contributed by atoms with van der Waals surface area (Å²) in [5.74, 6) is 1.27. The third-order valence-electron chi connectivity index (χ3n) is 5.75. The zero-order valence-corrected chi connectivity index (χ0v) is 17.5. The first-order chi connectivity index (χ1) is 14.2. The molecule has 0 radical (unpaired) electrons. The van der Waals surface area contributed by atoms with E-state index in [9.17, 15) is 9.59 Å². The van der Waals surface area contributed by atoms with Crippen molar-refractivity contribution in [3.8, 4) is 5.75 Å². The van der Waals surface area contributed by atoms with Crippen molar-refractivity contribution >= 4 is 23.2 Å². The number of amides is 2. The lowest BCUT2D eigenvalue weighted by Crippen LogP contribution is -2.41. The van der Waals surface area contributed by atoms with Crippen molar-refractivity contribution in [3.63, 3.8) is 0 Å². The minimum atomic E-state index is 0.0977. The normalized spacial score (nSPS) is 19.8. The van der Waals surface area contributed by atoms with Crippen molar-refractivity contribution in [1.29, 1.82) is 0 Å². The van der Waals surface area contributed by atoms with E-state index in [4.69, 9.17) is 4.74 Å². The average molecular weight is 413 g/mol. The SMILES string of the molecule is O=C(c1cccc(OCC2CCCN(C(=O)c3cccs3)C2)c1)N1CCCCC1. The summed E-state index contributed by atoms with van der Waals surface area (Å²) in [6.45, 7) is 3.80. The van der Waals surface area contributed by atoms with Crippen LogP contribution in [0.25, 0.3) is 0 Å². The summed E-state index contributed by atoms with van der Waals surface area (Å²) in [5, 5.41) is 1.94. The van der Waals surface area contributed by atoms with E-state index in [1.807, 2.05) is 51.6 Å². The van der Waals surface area contributed by atoms with Crippen LogP contribution in [0.2, 0.25) is 0 Å². The van der Waals surface area contributed by atoms with Gasteiger partial charge >= 0.3 is 0 Å². The highest BCUT2D eigenvalue weighted by Crippen LogP contribution is 2.23. The highest BCUT2D eigenvalue weighted by Gasteiger charge is 2.25. The Morgan fingerprint density at radius 1 is 0.966 bits per heavy atom. The summed E-state index contributed by atoms with van der Waals surface area (Å²) >= 11 is 1.49. The predicted molar refractivity (Wildman–Crippen MR) is 115 cm³/mol. The quantitative estimate of drug-likeness (QED) is 0.735. The number of nitrogens with zero attached hydrogens (tertiary/aromatic N) is 2. The molecule has 2 amide bonds. The molecule has 0 saturated carbocycles. The Bertz CT molecular complexity index is 830. The standard InChI is InChI=1S/C23H28N2O3S/c26-22(24-11-2-1-3-12-24)19-8-4-9-20(15-19)28-17-18-7-5-13-25(16-18)23(27)21-10-6-14-29-21/h4,6,8-10,14-15,18H,1-3,5,7,11-13,16-17H2. The van der Waals surface area contributed by atoms with E-state index < -0.39 is 0 Å². The number of likely N-dealkylation sites (tertiary alicyclic amines) is 2. The molecule has 0 N–H and O–H groups in total. The summed E-state index contributed by atoms with van der Waals surface area (Å²) in [6.07, 6.45) is 5.44. The van der Waals surface area contributed by atoms with Crippen LogP contribution in [0.15, 0.2) is 41.8 Å². The van der Waals surface area contributed by atoms with Crippen molar-refractivity contribution in [2.24, 2.45) is 5.92 Å². The van der Waals surface area contributed by atoms with Crippen LogP contribution in [-0.2, 0) is 0 Å². The molecule has 0 bridgehead atoms. The molecule has 0 aliphatic carbocycles. The second-order valence-corrected chi connectivity index (χ2v) is 8.88. The van der Waals surface area contributed by atoms with Gasteiger partial charge < -0.3 is 14.5 Å². The van der Waals surface area contributed by atoms with Crippen LogP contribution in [0, 0.1) is 5.92 Å². The molecule has 154 valence electrons. The molecule has 0 spiro atoms. The highest BCUT2D eigenvalue weighted by atomic mass is 32.1. The first-order valence-electron chi connectivity index (χ1n) is 10.6. The summed E-state index contributed by atoms with van der Waals surface area (Å²) in [7, 11) is 0. The molecule has 1 aromatic carbocycles. The largest absolute Gasteiger partial charge is 0.493 e. The summed E-state index contributed by atoms with van der Waals surface area (Å²) < 4.78 is 6.04. The Morgan fingerprint density at radius 3 is 2.59 bits per heavy atom. The van der Waals surface area contributed by atoms with Crippen molar-refractivity contribution in [3.05, 3.63) is 52.2 Å². The highest BCUT2D eigenvalue weighted by molar-refractivity contribution is 7.12. The maximum atomic E-state index is 12.7. The second kappa shape index (κ2) is 9.44. The lowest BCUT2D eigenvalue weighted by atomic mass is 9.99. The predicted octanol–water partition coefficient (Wildman–Crippen LogP) is 4.31. The van der Waals surface area contributed by atoms with Gasteiger partial charge in [-0.1, -0.05) is 12.1 Å². The Balaban J connectivity index is 1.33. The first kappa shape index (κ1) is 20.0. The van der Waals surface area contributed by atoms with Gasteiger partial charge in [-0.3, -0.25) is 9.59 Å². The smallest absolute Gasteiger partial charge is 0.263 e. The molecule has 1 unspecified atom stereocenters. The van der Waals surface area contributed by atoms with Crippen molar-refractivity contribution in [2.45, 2.75) is 32.1 Å². The first-order valence-corrected chi connectivity index (χ1v) is 11.4. The Kier molecular flexibility index (Phi) is 6.49. The van der Waals surface area contributed by atoms with Crippen LogP contribution < -0.4 is 4.74 Å². The zero-order chi connectivity index (χ0) is 20.1. The number of rotatable bonds is 5. The van der Waals surface area contributed by atoms with E-state index in [-0.39, 0.29) is 11.8 Å². The fourth-order valence-electron chi connectivity index (χ4n) is 4.15. The number of benzene rings is 1. The molecular weight excluding hydrogens is 384 g/mol. The van der Waals surface area contributed by atoms with Crippen LogP contribution in [0.5, 0.6) is 5.75 Å². The molecule has 29 heavy (non-hydrogen) atoms. The fourth-order valence-corrected chi connectivity index (χ4v) is 4.85. The third-order valence-corrected chi connectivity index (χ3v) is 6.61. The van der Waals surface area contributed by atoms with Crippen molar-refractivity contribution in [2.75, 3.05) is 32.8 Å². The van der Waals surface area contributed by atoms with E-state index in [0.29, 0.717) is 18.1 Å². The molecule has 2 aromatic rings. The molecule has 4 rings (SSSR count). The second-order valence-electron chi connectivity index (χ2n) is 7.93. The Labute approximate surface area is 176 Å². The van der Waals surface area contributed by atoms with Gasteiger partial charge in [0.1, 0.15) is 5.75 Å². The minimum Gasteiger partial charge on any atom is -0.493 e. The van der Waals surface area contributed by atoms with Gasteiger partial charge in [0.05, 0.1) is 11.5 Å². The summed E-state index contributed by atoms with van der Waals surface area (Å²) in [6, 6.07) is 11.3. The molecule has 3 heterocycles. The van der Waals surface area contributed by atoms with Gasteiger partial charge in [0.2, 0.25) is 0 Å². The number of hydrogen-bond acceptors (Lipinski definition) is 4. The number of hydrogen-bond donors (Lipinski definition) is 0. The zero-order valence-electron chi connectivity index (χ0n) is 16.7.